The minimum Gasteiger partial charge on any atom is -0.493 e. The zero-order chi connectivity index (χ0) is 27.2. The van der Waals surface area contributed by atoms with Gasteiger partial charge >= 0.3 is 5.97 Å². The maximum Gasteiger partial charge on any atom is 0.341 e. The summed E-state index contributed by atoms with van der Waals surface area (Å²) in [6.45, 7) is 1.68. The van der Waals surface area contributed by atoms with Crippen LogP contribution < -0.4 is 19.5 Å². The van der Waals surface area contributed by atoms with Gasteiger partial charge in [-0.2, -0.15) is 0 Å². The number of aliphatic carboxylic acids is 1. The van der Waals surface area contributed by atoms with Gasteiger partial charge in [-0.05, 0) is 82.3 Å². The van der Waals surface area contributed by atoms with Crippen LogP contribution in [0.3, 0.4) is 0 Å². The van der Waals surface area contributed by atoms with E-state index < -0.39 is 18.4 Å². The SMILES string of the molecule is COc1cc(/C=C2/C(C)=C(CC(=O)NCc3cccnc3)c3cc(F)ccc32)cc(OC)c1OCC(=O)O. The monoisotopic (exact) mass is 518 g/mol. The van der Waals surface area contributed by atoms with Gasteiger partial charge in [-0.3, -0.25) is 9.78 Å². The highest BCUT2D eigenvalue weighted by Gasteiger charge is 2.26. The molecule has 0 bridgehead atoms. The lowest BCUT2D eigenvalue weighted by Crippen LogP contribution is -2.22. The Morgan fingerprint density at radius 2 is 1.82 bits per heavy atom. The minimum atomic E-state index is -1.13. The number of carboxylic acids is 1. The second-order valence-electron chi connectivity index (χ2n) is 8.60. The Labute approximate surface area is 219 Å². The molecule has 196 valence electrons. The van der Waals surface area contributed by atoms with E-state index >= 15 is 0 Å². The lowest BCUT2D eigenvalue weighted by molar-refractivity contribution is -0.139. The Hall–Kier alpha value is -4.66. The molecule has 0 saturated carbocycles. The molecule has 0 spiro atoms. The van der Waals surface area contributed by atoms with E-state index in [4.69, 9.17) is 19.3 Å². The van der Waals surface area contributed by atoms with Crippen LogP contribution in [0, 0.1) is 5.82 Å². The Kier molecular flexibility index (Phi) is 8.06. The summed E-state index contributed by atoms with van der Waals surface area (Å²) in [5, 5.41) is 11.9. The van der Waals surface area contributed by atoms with Crippen molar-refractivity contribution >= 4 is 29.1 Å². The number of carbonyl (C=O) groups excluding carboxylic acids is 1. The molecule has 0 fully saturated rings. The molecule has 2 N–H and O–H groups in total. The number of hydrogen-bond acceptors (Lipinski definition) is 6. The lowest BCUT2D eigenvalue weighted by atomic mass is 10.00. The third-order valence-electron chi connectivity index (χ3n) is 6.14. The van der Waals surface area contributed by atoms with Crippen LogP contribution >= 0.6 is 0 Å². The topological polar surface area (TPSA) is 107 Å². The first-order valence-corrected chi connectivity index (χ1v) is 11.8. The summed E-state index contributed by atoms with van der Waals surface area (Å²) in [6, 6.07) is 11.6. The smallest absolute Gasteiger partial charge is 0.341 e. The molecular formula is C29H27FN2O6. The number of nitrogens with one attached hydrogen (secondary N) is 1. The number of halogens is 1. The maximum atomic E-state index is 14.3. The van der Waals surface area contributed by atoms with E-state index in [2.05, 4.69) is 10.3 Å². The zero-order valence-corrected chi connectivity index (χ0v) is 21.2. The van der Waals surface area contributed by atoms with Crippen LogP contribution in [-0.4, -0.2) is 42.8 Å². The third kappa shape index (κ3) is 5.83. The van der Waals surface area contributed by atoms with Gasteiger partial charge in [0, 0.05) is 18.9 Å². The first kappa shape index (κ1) is 26.4. The number of aromatic nitrogens is 1. The molecule has 1 heterocycles. The molecule has 1 aromatic heterocycles. The fraction of sp³-hybridized carbons (Fsp3) is 0.207. The fourth-order valence-electron chi connectivity index (χ4n) is 4.33. The van der Waals surface area contributed by atoms with Gasteiger partial charge in [-0.1, -0.05) is 12.1 Å². The van der Waals surface area contributed by atoms with E-state index in [0.717, 1.165) is 27.8 Å². The summed E-state index contributed by atoms with van der Waals surface area (Å²) in [4.78, 5) is 27.9. The number of hydrogen-bond donors (Lipinski definition) is 2. The van der Waals surface area contributed by atoms with Crippen LogP contribution in [0.2, 0.25) is 0 Å². The zero-order valence-electron chi connectivity index (χ0n) is 21.2. The number of allylic oxidation sites excluding steroid dienone is 2. The normalized spacial score (nSPS) is 13.3. The first-order valence-electron chi connectivity index (χ1n) is 11.8. The molecule has 3 aromatic rings. The van der Waals surface area contributed by atoms with Crippen LogP contribution in [0.1, 0.15) is 35.6 Å². The fourth-order valence-corrected chi connectivity index (χ4v) is 4.33. The van der Waals surface area contributed by atoms with E-state index in [1.165, 1.54) is 26.4 Å². The first-order chi connectivity index (χ1) is 18.3. The van der Waals surface area contributed by atoms with Gasteiger partial charge < -0.3 is 24.6 Å². The molecule has 9 heteroatoms. The van der Waals surface area contributed by atoms with Crippen molar-refractivity contribution in [1.82, 2.24) is 10.3 Å². The average molecular weight is 519 g/mol. The van der Waals surface area contributed by atoms with Crippen molar-refractivity contribution in [1.29, 1.82) is 0 Å². The summed E-state index contributed by atoms with van der Waals surface area (Å²) < 4.78 is 30.5. The molecule has 1 aliphatic rings. The number of amides is 1. The molecule has 0 aliphatic heterocycles. The largest absolute Gasteiger partial charge is 0.493 e. The molecule has 2 aromatic carbocycles. The van der Waals surface area contributed by atoms with Gasteiger partial charge in [0.2, 0.25) is 11.7 Å². The van der Waals surface area contributed by atoms with Crippen molar-refractivity contribution in [2.24, 2.45) is 0 Å². The number of nitrogens with zero attached hydrogens (tertiary/aromatic N) is 1. The van der Waals surface area contributed by atoms with E-state index in [1.807, 2.05) is 19.1 Å². The second kappa shape index (κ2) is 11.6. The van der Waals surface area contributed by atoms with E-state index in [1.54, 1.807) is 36.7 Å². The summed E-state index contributed by atoms with van der Waals surface area (Å²) in [5.74, 6) is -0.949. The highest BCUT2D eigenvalue weighted by atomic mass is 19.1. The summed E-state index contributed by atoms with van der Waals surface area (Å²) >= 11 is 0. The van der Waals surface area contributed by atoms with Crippen LogP contribution in [0.5, 0.6) is 17.2 Å². The average Bonchev–Trinajstić information content (AvgIpc) is 3.16. The van der Waals surface area contributed by atoms with Crippen LogP contribution in [-0.2, 0) is 16.1 Å². The molecule has 1 amide bonds. The Morgan fingerprint density at radius 1 is 1.08 bits per heavy atom. The van der Waals surface area contributed by atoms with Crippen molar-refractivity contribution in [2.45, 2.75) is 19.9 Å². The van der Waals surface area contributed by atoms with Gasteiger partial charge in [0.1, 0.15) is 5.82 Å². The number of carbonyl (C=O) groups is 2. The summed E-state index contributed by atoms with van der Waals surface area (Å²) in [7, 11) is 2.89. The summed E-state index contributed by atoms with van der Waals surface area (Å²) in [6.07, 6.45) is 5.32. The Balaban J connectivity index is 1.68. The molecule has 1 aliphatic carbocycles. The molecule has 38 heavy (non-hydrogen) atoms. The molecule has 4 rings (SSSR count). The number of methoxy groups -OCH3 is 2. The third-order valence-corrected chi connectivity index (χ3v) is 6.14. The quantitative estimate of drug-likeness (QED) is 0.399. The number of pyridine rings is 1. The second-order valence-corrected chi connectivity index (χ2v) is 8.60. The molecule has 8 nitrogen and oxygen atoms in total. The van der Waals surface area contributed by atoms with Crippen LogP contribution in [0.15, 0.2) is 60.4 Å². The van der Waals surface area contributed by atoms with E-state index in [-0.39, 0.29) is 18.1 Å². The minimum absolute atomic E-state index is 0.0779. The molecule has 0 unspecified atom stereocenters. The predicted octanol–water partition coefficient (Wildman–Crippen LogP) is 4.74. The predicted molar refractivity (Wildman–Crippen MR) is 140 cm³/mol. The van der Waals surface area contributed by atoms with Gasteiger partial charge in [0.15, 0.2) is 18.1 Å². The standard InChI is InChI=1S/C29H27FN2O6/c1-17-22(9-19-10-25(36-2)29(26(11-19)37-3)38-16-28(34)35)21-7-6-20(30)12-24(21)23(17)13-27(33)32-15-18-5-4-8-31-14-18/h4-12,14H,13,15-16H2,1-3H3,(H,32,33)(H,34,35)/b22-9-. The molecule has 0 atom stereocenters. The lowest BCUT2D eigenvalue weighted by Gasteiger charge is -2.15. The van der Waals surface area contributed by atoms with Gasteiger partial charge in [0.25, 0.3) is 0 Å². The number of benzene rings is 2. The molecular weight excluding hydrogens is 491 g/mol. The number of carboxylic acid groups (broad SMARTS) is 1. The highest BCUT2D eigenvalue weighted by molar-refractivity contribution is 6.08. The number of ether oxygens (including phenoxy) is 3. The van der Waals surface area contributed by atoms with Gasteiger partial charge in [0.05, 0.1) is 20.6 Å². The maximum absolute atomic E-state index is 14.3. The number of fused-ring (bicyclic) bond motifs is 1. The van der Waals surface area contributed by atoms with Crippen molar-refractivity contribution in [3.63, 3.8) is 0 Å². The van der Waals surface area contributed by atoms with Crippen LogP contribution in [0.25, 0.3) is 17.2 Å². The van der Waals surface area contributed by atoms with E-state index in [9.17, 15) is 14.0 Å². The van der Waals surface area contributed by atoms with Gasteiger partial charge in [-0.15, -0.1) is 0 Å². The van der Waals surface area contributed by atoms with Crippen molar-refractivity contribution in [3.05, 3.63) is 88.5 Å². The van der Waals surface area contributed by atoms with E-state index in [0.29, 0.717) is 29.2 Å². The van der Waals surface area contributed by atoms with Crippen molar-refractivity contribution in [2.75, 3.05) is 20.8 Å². The Bertz CT molecular complexity index is 1410. The van der Waals surface area contributed by atoms with Crippen LogP contribution in [0.4, 0.5) is 4.39 Å². The highest BCUT2D eigenvalue weighted by Crippen LogP contribution is 2.45. The molecule has 0 radical (unpaired) electrons. The summed E-state index contributed by atoms with van der Waals surface area (Å²) in [5.41, 5.74) is 5.41. The van der Waals surface area contributed by atoms with Crippen molar-refractivity contribution in [3.8, 4) is 17.2 Å². The van der Waals surface area contributed by atoms with Crippen molar-refractivity contribution < 1.29 is 33.3 Å². The molecule has 0 saturated heterocycles. The Morgan fingerprint density at radius 3 is 2.45 bits per heavy atom. The van der Waals surface area contributed by atoms with Gasteiger partial charge in [-0.25, -0.2) is 9.18 Å². The number of rotatable bonds is 10.